The summed E-state index contributed by atoms with van der Waals surface area (Å²) in [4.78, 5) is 5.48. The van der Waals surface area contributed by atoms with Crippen LogP contribution < -0.4 is 5.32 Å². The van der Waals surface area contributed by atoms with E-state index in [1.807, 2.05) is 11.3 Å². The number of nitrogens with zero attached hydrogens (tertiary/aromatic N) is 1. The molecule has 0 aliphatic rings. The smallest absolute Gasteiger partial charge is 0.0300 e. The SMILES string of the molecule is Cc1ccc(CNCCN(CCC(C)C)CCC(C)C)s1. The predicted molar refractivity (Wildman–Crippen MR) is 96.1 cm³/mol. The largest absolute Gasteiger partial charge is 0.311 e. The van der Waals surface area contributed by atoms with E-state index in [4.69, 9.17) is 0 Å². The third-order valence-corrected chi connectivity index (χ3v) is 4.75. The molecule has 0 saturated heterocycles. The van der Waals surface area contributed by atoms with Gasteiger partial charge in [-0.3, -0.25) is 0 Å². The van der Waals surface area contributed by atoms with Crippen molar-refractivity contribution in [3.05, 3.63) is 21.9 Å². The topological polar surface area (TPSA) is 15.3 Å². The van der Waals surface area contributed by atoms with Crippen LogP contribution >= 0.6 is 11.3 Å². The highest BCUT2D eigenvalue weighted by atomic mass is 32.1. The van der Waals surface area contributed by atoms with Crippen molar-refractivity contribution < 1.29 is 0 Å². The summed E-state index contributed by atoms with van der Waals surface area (Å²) < 4.78 is 0. The lowest BCUT2D eigenvalue weighted by atomic mass is 10.1. The summed E-state index contributed by atoms with van der Waals surface area (Å²) in [5, 5.41) is 3.59. The van der Waals surface area contributed by atoms with E-state index in [0.29, 0.717) is 0 Å². The Morgan fingerprint density at radius 3 is 2.10 bits per heavy atom. The second-order valence-corrected chi connectivity index (χ2v) is 8.27. The first kappa shape index (κ1) is 18.7. The molecule has 0 unspecified atom stereocenters. The normalized spacial score (nSPS) is 12.0. The average molecular weight is 311 g/mol. The van der Waals surface area contributed by atoms with Crippen LogP contribution in [-0.2, 0) is 6.54 Å². The maximum absolute atomic E-state index is 3.59. The second-order valence-electron chi connectivity index (χ2n) is 6.90. The standard InChI is InChI=1S/C18H34N2S/c1-15(2)8-11-20(12-9-16(3)4)13-10-19-14-18-7-6-17(5)21-18/h6-7,15-16,19H,8-14H2,1-5H3. The van der Waals surface area contributed by atoms with Gasteiger partial charge in [0, 0.05) is 29.4 Å². The van der Waals surface area contributed by atoms with Gasteiger partial charge in [-0.25, -0.2) is 0 Å². The first-order valence-corrected chi connectivity index (χ1v) is 9.27. The number of thiophene rings is 1. The number of aryl methyl sites for hydroxylation is 1. The number of hydrogen-bond donors (Lipinski definition) is 1. The molecule has 0 bridgehead atoms. The van der Waals surface area contributed by atoms with Gasteiger partial charge in [0.1, 0.15) is 0 Å². The minimum absolute atomic E-state index is 0.800. The molecule has 0 radical (unpaired) electrons. The summed E-state index contributed by atoms with van der Waals surface area (Å²) in [6, 6.07) is 4.45. The highest BCUT2D eigenvalue weighted by Gasteiger charge is 2.07. The summed E-state index contributed by atoms with van der Waals surface area (Å²) in [6.45, 7) is 17.2. The van der Waals surface area contributed by atoms with E-state index in [0.717, 1.165) is 24.9 Å². The zero-order valence-corrected chi connectivity index (χ0v) is 15.4. The molecule has 0 atom stereocenters. The van der Waals surface area contributed by atoms with Crippen LogP contribution in [0.25, 0.3) is 0 Å². The molecular weight excluding hydrogens is 276 g/mol. The van der Waals surface area contributed by atoms with E-state index < -0.39 is 0 Å². The third kappa shape index (κ3) is 9.28. The van der Waals surface area contributed by atoms with Crippen LogP contribution in [0.15, 0.2) is 12.1 Å². The van der Waals surface area contributed by atoms with Crippen molar-refractivity contribution in [3.63, 3.8) is 0 Å². The summed E-state index contributed by atoms with van der Waals surface area (Å²) in [6.07, 6.45) is 2.62. The number of rotatable bonds is 11. The van der Waals surface area contributed by atoms with E-state index in [9.17, 15) is 0 Å². The zero-order valence-electron chi connectivity index (χ0n) is 14.6. The van der Waals surface area contributed by atoms with Gasteiger partial charge in [-0.05, 0) is 56.8 Å². The van der Waals surface area contributed by atoms with Gasteiger partial charge >= 0.3 is 0 Å². The van der Waals surface area contributed by atoms with Gasteiger partial charge in [0.15, 0.2) is 0 Å². The molecule has 0 fully saturated rings. The molecule has 3 heteroatoms. The molecule has 0 spiro atoms. The van der Waals surface area contributed by atoms with Gasteiger partial charge in [0.2, 0.25) is 0 Å². The lowest BCUT2D eigenvalue weighted by Gasteiger charge is -2.24. The molecule has 1 rings (SSSR count). The fourth-order valence-corrected chi connectivity index (χ4v) is 3.11. The average Bonchev–Trinajstić information content (AvgIpc) is 2.82. The highest BCUT2D eigenvalue weighted by molar-refractivity contribution is 7.11. The van der Waals surface area contributed by atoms with Crippen molar-refractivity contribution in [1.29, 1.82) is 0 Å². The summed E-state index contributed by atoms with van der Waals surface area (Å²) >= 11 is 1.90. The molecule has 0 aliphatic heterocycles. The molecular formula is C18H34N2S. The highest BCUT2D eigenvalue weighted by Crippen LogP contribution is 2.14. The maximum atomic E-state index is 3.59. The molecule has 1 aromatic rings. The van der Waals surface area contributed by atoms with Crippen LogP contribution in [0.4, 0.5) is 0 Å². The van der Waals surface area contributed by atoms with Gasteiger partial charge < -0.3 is 10.2 Å². The molecule has 21 heavy (non-hydrogen) atoms. The molecule has 0 aromatic carbocycles. The van der Waals surface area contributed by atoms with E-state index in [1.165, 1.54) is 42.2 Å². The molecule has 0 amide bonds. The quantitative estimate of drug-likeness (QED) is 0.604. The molecule has 0 aliphatic carbocycles. The molecule has 0 saturated carbocycles. The third-order valence-electron chi connectivity index (χ3n) is 3.75. The Bertz CT molecular complexity index is 359. The summed E-state index contributed by atoms with van der Waals surface area (Å²) in [7, 11) is 0. The van der Waals surface area contributed by atoms with Crippen LogP contribution in [0.3, 0.4) is 0 Å². The lowest BCUT2D eigenvalue weighted by Crippen LogP contribution is -2.34. The zero-order chi connectivity index (χ0) is 15.7. The monoisotopic (exact) mass is 310 g/mol. The van der Waals surface area contributed by atoms with Crippen molar-refractivity contribution >= 4 is 11.3 Å². The lowest BCUT2D eigenvalue weighted by molar-refractivity contribution is 0.243. The van der Waals surface area contributed by atoms with Crippen LogP contribution in [0.5, 0.6) is 0 Å². The van der Waals surface area contributed by atoms with Crippen LogP contribution in [0.1, 0.15) is 50.3 Å². The molecule has 122 valence electrons. The Kier molecular flexibility index (Phi) is 9.21. The van der Waals surface area contributed by atoms with Crippen molar-refractivity contribution in [2.75, 3.05) is 26.2 Å². The van der Waals surface area contributed by atoms with Gasteiger partial charge in [0.25, 0.3) is 0 Å². The van der Waals surface area contributed by atoms with E-state index >= 15 is 0 Å². The predicted octanol–water partition coefficient (Wildman–Crippen LogP) is 4.54. The molecule has 2 nitrogen and oxygen atoms in total. The van der Waals surface area contributed by atoms with Crippen molar-refractivity contribution in [1.82, 2.24) is 10.2 Å². The van der Waals surface area contributed by atoms with Crippen LogP contribution in [-0.4, -0.2) is 31.1 Å². The first-order chi connectivity index (χ1) is 9.97. The summed E-state index contributed by atoms with van der Waals surface area (Å²) in [5.41, 5.74) is 0. The van der Waals surface area contributed by atoms with Crippen molar-refractivity contribution in [2.24, 2.45) is 11.8 Å². The number of nitrogens with one attached hydrogen (secondary N) is 1. The maximum Gasteiger partial charge on any atom is 0.0300 e. The Hall–Kier alpha value is -0.380. The van der Waals surface area contributed by atoms with Crippen molar-refractivity contribution in [3.8, 4) is 0 Å². The van der Waals surface area contributed by atoms with Gasteiger partial charge in [-0.2, -0.15) is 0 Å². The fraction of sp³-hybridized carbons (Fsp3) is 0.778. The summed E-state index contributed by atoms with van der Waals surface area (Å²) in [5.74, 6) is 1.60. The van der Waals surface area contributed by atoms with Gasteiger partial charge in [0.05, 0.1) is 0 Å². The Balaban J connectivity index is 2.23. The second kappa shape index (κ2) is 10.4. The van der Waals surface area contributed by atoms with E-state index in [-0.39, 0.29) is 0 Å². The number of hydrogen-bond acceptors (Lipinski definition) is 3. The fourth-order valence-electron chi connectivity index (χ4n) is 2.25. The minimum Gasteiger partial charge on any atom is -0.311 e. The first-order valence-electron chi connectivity index (χ1n) is 8.45. The van der Waals surface area contributed by atoms with Crippen LogP contribution in [0.2, 0.25) is 0 Å². The van der Waals surface area contributed by atoms with Gasteiger partial charge in [-0.15, -0.1) is 11.3 Å². The molecule has 1 heterocycles. The van der Waals surface area contributed by atoms with Crippen molar-refractivity contribution in [2.45, 2.75) is 54.0 Å². The van der Waals surface area contributed by atoms with Gasteiger partial charge in [-0.1, -0.05) is 27.7 Å². The van der Waals surface area contributed by atoms with E-state index in [1.54, 1.807) is 0 Å². The minimum atomic E-state index is 0.800. The Morgan fingerprint density at radius 1 is 1.00 bits per heavy atom. The van der Waals surface area contributed by atoms with Crippen LogP contribution in [0, 0.1) is 18.8 Å². The Labute approximate surface area is 135 Å². The molecule has 1 N–H and O–H groups in total. The molecule has 1 aromatic heterocycles. The van der Waals surface area contributed by atoms with E-state index in [2.05, 4.69) is 57.0 Å². The Morgan fingerprint density at radius 2 is 1.62 bits per heavy atom.